The molecule has 0 aliphatic carbocycles. The number of rotatable bonds is 14. The number of carboxylic acid groups (broad SMARTS) is 3. The average Bonchev–Trinajstić information content (AvgIpc) is 3.39. The van der Waals surface area contributed by atoms with Gasteiger partial charge in [-0.3, -0.25) is 24.1 Å². The molecule has 0 saturated carbocycles. The fraction of sp³-hybridized carbons (Fsp3) is 0.375. The number of carboxylic acids is 3. The van der Waals surface area contributed by atoms with Gasteiger partial charge in [0.15, 0.2) is 0 Å². The van der Waals surface area contributed by atoms with E-state index in [1.807, 2.05) is 0 Å². The topological polar surface area (TPSA) is 234 Å². The Morgan fingerprint density at radius 1 is 1.12 bits per heavy atom. The molecule has 1 fully saturated rings. The molecular weight excluding hydrogens is 594 g/mol. The molecule has 2 aliphatic heterocycles. The van der Waals surface area contributed by atoms with E-state index in [4.69, 9.17) is 5.11 Å². The van der Waals surface area contributed by atoms with E-state index >= 15 is 0 Å². The second kappa shape index (κ2) is 13.5. The molecule has 3 heterocycles. The van der Waals surface area contributed by atoms with Gasteiger partial charge in [-0.2, -0.15) is 0 Å². The Balaban J connectivity index is 1.30. The smallest absolute Gasteiger partial charge is 0.352 e. The summed E-state index contributed by atoms with van der Waals surface area (Å²) in [6.07, 6.45) is -0.0169. The zero-order chi connectivity index (χ0) is 30.4. The van der Waals surface area contributed by atoms with Gasteiger partial charge in [-0.05, 0) is 41.0 Å². The lowest BCUT2D eigenvalue weighted by molar-refractivity contribution is -0.150. The number of benzene rings is 1. The van der Waals surface area contributed by atoms with Gasteiger partial charge in [0, 0.05) is 23.5 Å². The monoisotopic (exact) mass is 619 g/mol. The van der Waals surface area contributed by atoms with E-state index in [9.17, 15) is 39.0 Å². The van der Waals surface area contributed by atoms with Crippen molar-refractivity contribution >= 4 is 59.2 Å². The van der Waals surface area contributed by atoms with E-state index < -0.39 is 59.6 Å². The Morgan fingerprint density at radius 2 is 1.86 bits per heavy atom. The molecule has 222 valence electrons. The molecule has 2 aromatic rings. The number of β-lactam (4-membered cyclic amide) rings is 1. The normalized spacial score (nSPS) is 18.5. The molecule has 5 N–H and O–H groups in total. The molecule has 0 bridgehead atoms. The molecule has 1 aromatic heterocycles. The van der Waals surface area contributed by atoms with Crippen LogP contribution in [0.3, 0.4) is 0 Å². The van der Waals surface area contributed by atoms with Crippen LogP contribution < -0.4 is 10.6 Å². The second-order valence-corrected chi connectivity index (χ2v) is 11.2. The minimum absolute atomic E-state index is 0.0209. The molecule has 1 saturated heterocycles. The first kappa shape index (κ1) is 30.5. The van der Waals surface area contributed by atoms with Gasteiger partial charge in [-0.15, -0.1) is 16.9 Å². The number of thioether (sulfide) groups is 2. The minimum atomic E-state index is -1.32. The number of nitrogens with zero attached hydrogens (tertiary/aromatic N) is 5. The van der Waals surface area contributed by atoms with E-state index in [0.717, 1.165) is 21.3 Å². The van der Waals surface area contributed by atoms with Crippen LogP contribution in [0.5, 0.6) is 0 Å². The standard InChI is InChI=1S/C24H25N7O9S2/c32-15(8-4-7-14(22(37)38)25-19(35)12-5-2-1-3-6-12)26-17-20(36)31-18(23(39)40)13(10-41-21(17)31)11-42-24-27-28-29-30(24)9-16(33)34/h1-3,5-6,14,17,21H,4,7-11H2,(H,25,35)(H,26,32)(H,33,34)(H,37,38)(H,39,40)/t14?,17?,21-/m1/s1. The van der Waals surface area contributed by atoms with Gasteiger partial charge < -0.3 is 26.0 Å². The van der Waals surface area contributed by atoms with Crippen LogP contribution in [0.1, 0.15) is 29.6 Å². The van der Waals surface area contributed by atoms with Crippen molar-refractivity contribution in [2.24, 2.45) is 0 Å². The number of carbonyl (C=O) groups is 6. The van der Waals surface area contributed by atoms with Crippen LogP contribution in [0.15, 0.2) is 46.8 Å². The summed E-state index contributed by atoms with van der Waals surface area (Å²) in [5.74, 6) is -5.07. The van der Waals surface area contributed by atoms with E-state index in [2.05, 4.69) is 26.2 Å². The summed E-state index contributed by atoms with van der Waals surface area (Å²) in [5, 5.41) is 43.6. The van der Waals surface area contributed by atoms with Crippen LogP contribution in [0, 0.1) is 0 Å². The van der Waals surface area contributed by atoms with Crippen molar-refractivity contribution in [1.82, 2.24) is 35.7 Å². The van der Waals surface area contributed by atoms with Gasteiger partial charge in [0.25, 0.3) is 11.8 Å². The maximum atomic E-state index is 12.9. The van der Waals surface area contributed by atoms with Crippen LogP contribution in [-0.4, -0.2) is 105 Å². The number of tetrazole rings is 1. The molecule has 1 aromatic carbocycles. The second-order valence-electron chi connectivity index (χ2n) is 9.14. The zero-order valence-corrected chi connectivity index (χ0v) is 23.3. The zero-order valence-electron chi connectivity index (χ0n) is 21.7. The third-order valence-electron chi connectivity index (χ3n) is 6.26. The first-order chi connectivity index (χ1) is 20.1. The number of hydrogen-bond donors (Lipinski definition) is 5. The fourth-order valence-corrected chi connectivity index (χ4v) is 6.64. The van der Waals surface area contributed by atoms with Gasteiger partial charge in [-0.1, -0.05) is 30.0 Å². The van der Waals surface area contributed by atoms with Crippen molar-refractivity contribution in [2.75, 3.05) is 11.5 Å². The number of nitrogens with one attached hydrogen (secondary N) is 2. The van der Waals surface area contributed by atoms with Crippen LogP contribution >= 0.6 is 23.5 Å². The Bertz CT molecular complexity index is 1430. The van der Waals surface area contributed by atoms with Crippen molar-refractivity contribution in [3.63, 3.8) is 0 Å². The number of carbonyl (C=O) groups excluding carboxylic acids is 3. The highest BCUT2D eigenvalue weighted by molar-refractivity contribution is 8.01. The summed E-state index contributed by atoms with van der Waals surface area (Å²) >= 11 is 2.30. The minimum Gasteiger partial charge on any atom is -0.480 e. The summed E-state index contributed by atoms with van der Waals surface area (Å²) < 4.78 is 1.06. The first-order valence-corrected chi connectivity index (χ1v) is 14.5. The van der Waals surface area contributed by atoms with Gasteiger partial charge in [0.05, 0.1) is 0 Å². The molecule has 3 amide bonds. The number of fused-ring (bicyclic) bond motifs is 1. The van der Waals surface area contributed by atoms with Crippen molar-refractivity contribution in [3.8, 4) is 0 Å². The molecule has 0 spiro atoms. The maximum absolute atomic E-state index is 12.9. The number of aliphatic carboxylic acids is 3. The van der Waals surface area contributed by atoms with Crippen LogP contribution in [-0.2, 0) is 30.5 Å². The van der Waals surface area contributed by atoms with Crippen molar-refractivity contribution in [1.29, 1.82) is 0 Å². The Morgan fingerprint density at radius 3 is 2.52 bits per heavy atom. The van der Waals surface area contributed by atoms with E-state index in [1.165, 1.54) is 11.8 Å². The fourth-order valence-electron chi connectivity index (χ4n) is 4.27. The highest BCUT2D eigenvalue weighted by atomic mass is 32.2. The number of aromatic nitrogens is 4. The summed E-state index contributed by atoms with van der Waals surface area (Å²) in [6.45, 7) is -0.470. The van der Waals surface area contributed by atoms with E-state index in [1.54, 1.807) is 30.3 Å². The summed E-state index contributed by atoms with van der Waals surface area (Å²) in [6, 6.07) is 5.93. The number of hydrogen-bond acceptors (Lipinski definition) is 11. The molecule has 42 heavy (non-hydrogen) atoms. The molecule has 4 rings (SSSR count). The summed E-state index contributed by atoms with van der Waals surface area (Å²) in [7, 11) is 0. The van der Waals surface area contributed by atoms with E-state index in [0.29, 0.717) is 11.1 Å². The quantitative estimate of drug-likeness (QED) is 0.134. The maximum Gasteiger partial charge on any atom is 0.352 e. The third kappa shape index (κ3) is 7.06. The Labute approximate surface area is 245 Å². The average molecular weight is 620 g/mol. The first-order valence-electron chi connectivity index (χ1n) is 12.5. The Kier molecular flexibility index (Phi) is 9.79. The predicted octanol–water partition coefficient (Wildman–Crippen LogP) is -0.358. The molecular formula is C24H25N7O9S2. The van der Waals surface area contributed by atoms with Crippen LogP contribution in [0.4, 0.5) is 0 Å². The largest absolute Gasteiger partial charge is 0.480 e. The number of amides is 3. The van der Waals surface area contributed by atoms with Gasteiger partial charge in [0.2, 0.25) is 11.1 Å². The Hall–Kier alpha value is -4.45. The lowest BCUT2D eigenvalue weighted by Gasteiger charge is -2.49. The SMILES string of the molecule is O=C(O)Cn1nnnc1SCC1=C(C(=O)O)N2C(=O)C(NC(=O)CCCC(NC(=O)c3ccccc3)C(=O)O)[C@H]2SC1. The molecule has 2 unspecified atom stereocenters. The van der Waals surface area contributed by atoms with Gasteiger partial charge in [0.1, 0.15) is 29.7 Å². The van der Waals surface area contributed by atoms with Gasteiger partial charge in [-0.25, -0.2) is 14.3 Å². The van der Waals surface area contributed by atoms with Crippen molar-refractivity contribution < 1.29 is 44.1 Å². The summed E-state index contributed by atoms with van der Waals surface area (Å²) in [5.41, 5.74) is 0.501. The summed E-state index contributed by atoms with van der Waals surface area (Å²) in [4.78, 5) is 73.5. The predicted molar refractivity (Wildman–Crippen MR) is 145 cm³/mol. The van der Waals surface area contributed by atoms with E-state index in [-0.39, 0.29) is 41.6 Å². The van der Waals surface area contributed by atoms with Gasteiger partial charge >= 0.3 is 17.9 Å². The highest BCUT2D eigenvalue weighted by Gasteiger charge is 2.54. The van der Waals surface area contributed by atoms with Crippen molar-refractivity contribution in [2.45, 2.75) is 48.4 Å². The van der Waals surface area contributed by atoms with Crippen molar-refractivity contribution in [3.05, 3.63) is 47.2 Å². The highest BCUT2D eigenvalue weighted by Crippen LogP contribution is 2.41. The third-order valence-corrected chi connectivity index (χ3v) is 8.64. The molecule has 0 radical (unpaired) electrons. The molecule has 16 nitrogen and oxygen atoms in total. The van der Waals surface area contributed by atoms with Crippen LogP contribution in [0.25, 0.3) is 0 Å². The molecule has 3 atom stereocenters. The van der Waals surface area contributed by atoms with Crippen LogP contribution in [0.2, 0.25) is 0 Å². The molecule has 2 aliphatic rings. The lowest BCUT2D eigenvalue weighted by Crippen LogP contribution is -2.70. The lowest BCUT2D eigenvalue weighted by atomic mass is 10.0. The molecule has 18 heteroatoms.